The lowest BCUT2D eigenvalue weighted by Gasteiger charge is -2.27. The van der Waals surface area contributed by atoms with Crippen LogP contribution in [0.3, 0.4) is 0 Å². The van der Waals surface area contributed by atoms with Gasteiger partial charge in [-0.25, -0.2) is 8.42 Å². The smallest absolute Gasteiger partial charge is 0.264 e. The molecule has 0 saturated heterocycles. The third kappa shape index (κ3) is 6.59. The van der Waals surface area contributed by atoms with Crippen LogP contribution in [0.15, 0.2) is 77.7 Å². The molecule has 1 atom stereocenters. The van der Waals surface area contributed by atoms with Crippen molar-refractivity contribution in [2.24, 2.45) is 0 Å². The van der Waals surface area contributed by atoms with Gasteiger partial charge in [0, 0.05) is 5.02 Å². The summed E-state index contributed by atoms with van der Waals surface area (Å²) in [4.78, 5) is 13.2. The Morgan fingerprint density at radius 3 is 2.19 bits per heavy atom. The van der Waals surface area contributed by atoms with E-state index in [2.05, 4.69) is 26.1 Å². The van der Waals surface area contributed by atoms with Gasteiger partial charge in [-0.2, -0.15) is 0 Å². The molecule has 0 radical (unpaired) electrons. The number of nitrogens with one attached hydrogen (secondary N) is 1. The molecule has 0 fully saturated rings. The first-order chi connectivity index (χ1) is 16.9. The molecule has 6 nitrogen and oxygen atoms in total. The minimum Gasteiger partial charge on any atom is -0.492 e. The van der Waals surface area contributed by atoms with Crippen LogP contribution in [0, 0.1) is 0 Å². The molecule has 0 aliphatic carbocycles. The Hall–Kier alpha value is -3.03. The van der Waals surface area contributed by atoms with Crippen LogP contribution in [0.25, 0.3) is 0 Å². The summed E-state index contributed by atoms with van der Waals surface area (Å²) in [7, 11) is -4.10. The van der Waals surface area contributed by atoms with Gasteiger partial charge >= 0.3 is 0 Å². The van der Waals surface area contributed by atoms with Crippen molar-refractivity contribution in [2.75, 3.05) is 17.5 Å². The number of carbonyl (C=O) groups excluding carboxylic acids is 1. The van der Waals surface area contributed by atoms with Gasteiger partial charge in [-0.15, -0.1) is 0 Å². The summed E-state index contributed by atoms with van der Waals surface area (Å²) in [5, 5.41) is 3.35. The van der Waals surface area contributed by atoms with E-state index in [0.29, 0.717) is 17.4 Å². The average Bonchev–Trinajstić information content (AvgIpc) is 2.83. The lowest BCUT2D eigenvalue weighted by atomic mass is 9.86. The molecule has 36 heavy (non-hydrogen) atoms. The van der Waals surface area contributed by atoms with E-state index in [0.717, 1.165) is 9.87 Å². The minimum atomic E-state index is -4.10. The van der Waals surface area contributed by atoms with E-state index in [1.54, 1.807) is 24.3 Å². The van der Waals surface area contributed by atoms with E-state index in [9.17, 15) is 13.2 Å². The van der Waals surface area contributed by atoms with Gasteiger partial charge in [-0.05, 0) is 66.8 Å². The van der Waals surface area contributed by atoms with Crippen molar-refractivity contribution in [1.29, 1.82) is 0 Å². The summed E-state index contributed by atoms with van der Waals surface area (Å²) in [6, 6.07) is 20.4. The molecule has 0 aromatic heterocycles. The number of halogens is 1. The molecule has 3 aromatic carbocycles. The van der Waals surface area contributed by atoms with Gasteiger partial charge in [-0.3, -0.25) is 9.10 Å². The first-order valence-corrected chi connectivity index (χ1v) is 13.6. The zero-order chi connectivity index (χ0) is 26.5. The number of nitrogens with zero attached hydrogens (tertiary/aromatic N) is 1. The Bertz CT molecular complexity index is 1280. The van der Waals surface area contributed by atoms with E-state index >= 15 is 0 Å². The average molecular weight is 529 g/mol. The first kappa shape index (κ1) is 27.6. The third-order valence-electron chi connectivity index (χ3n) is 5.78. The molecule has 0 unspecified atom stereocenters. The normalized spacial score (nSPS) is 12.6. The molecule has 192 valence electrons. The maximum atomic E-state index is 13.7. The van der Waals surface area contributed by atoms with Crippen LogP contribution in [-0.2, 0) is 20.2 Å². The highest BCUT2D eigenvalue weighted by Gasteiger charge is 2.30. The molecular formula is C28H33ClN2O4S. The highest BCUT2D eigenvalue weighted by atomic mass is 35.5. The number of benzene rings is 3. The quantitative estimate of drug-likeness (QED) is 0.363. The second kappa shape index (κ2) is 11.4. The van der Waals surface area contributed by atoms with Crippen molar-refractivity contribution < 1.29 is 17.9 Å². The van der Waals surface area contributed by atoms with Crippen molar-refractivity contribution in [3.8, 4) is 5.75 Å². The van der Waals surface area contributed by atoms with Gasteiger partial charge in [0.1, 0.15) is 12.3 Å². The van der Waals surface area contributed by atoms with E-state index < -0.39 is 22.5 Å². The summed E-state index contributed by atoms with van der Waals surface area (Å²) >= 11 is 5.97. The van der Waals surface area contributed by atoms with Crippen LogP contribution in [-0.4, -0.2) is 27.5 Å². The molecular weight excluding hydrogens is 496 g/mol. The third-order valence-corrected chi connectivity index (χ3v) is 7.80. The minimum absolute atomic E-state index is 0.0233. The number of ether oxygens (including phenoxy) is 1. The number of hydrogen-bond acceptors (Lipinski definition) is 4. The Kier molecular flexibility index (Phi) is 8.69. The Morgan fingerprint density at radius 2 is 1.61 bits per heavy atom. The maximum Gasteiger partial charge on any atom is 0.264 e. The number of rotatable bonds is 9. The van der Waals surface area contributed by atoms with Crippen LogP contribution in [0.2, 0.25) is 5.02 Å². The number of carbonyl (C=O) groups is 1. The van der Waals surface area contributed by atoms with Crippen molar-refractivity contribution in [3.63, 3.8) is 0 Å². The van der Waals surface area contributed by atoms with Gasteiger partial charge in [0.25, 0.3) is 10.0 Å². The second-order valence-electron chi connectivity index (χ2n) is 9.53. The molecule has 0 bridgehead atoms. The number of hydrogen-bond donors (Lipinski definition) is 1. The SMILES string of the molecule is CCOc1ccccc1N(CC(=O)N[C@H](C)c1ccc(C(C)(C)C)cc1)S(=O)(=O)c1ccc(Cl)cc1. The fourth-order valence-electron chi connectivity index (χ4n) is 3.75. The molecule has 8 heteroatoms. The maximum absolute atomic E-state index is 13.7. The Labute approximate surface area is 219 Å². The largest absolute Gasteiger partial charge is 0.492 e. The van der Waals surface area contributed by atoms with Crippen molar-refractivity contribution in [3.05, 3.63) is 88.9 Å². The molecule has 3 rings (SSSR count). The van der Waals surface area contributed by atoms with E-state index in [4.69, 9.17) is 16.3 Å². The monoisotopic (exact) mass is 528 g/mol. The van der Waals surface area contributed by atoms with Crippen LogP contribution in [0.4, 0.5) is 5.69 Å². The zero-order valence-corrected chi connectivity index (χ0v) is 22.9. The van der Waals surface area contributed by atoms with Crippen LogP contribution >= 0.6 is 11.6 Å². The highest BCUT2D eigenvalue weighted by molar-refractivity contribution is 7.92. The molecule has 0 spiro atoms. The van der Waals surface area contributed by atoms with Crippen molar-refractivity contribution in [1.82, 2.24) is 5.32 Å². The zero-order valence-electron chi connectivity index (χ0n) is 21.3. The van der Waals surface area contributed by atoms with Gasteiger partial charge in [-0.1, -0.05) is 68.8 Å². The standard InChI is InChI=1S/C28H33ClN2O4S/c1-6-35-26-10-8-7-9-25(26)31(36(33,34)24-17-15-23(29)16-18-24)19-27(32)30-20(2)21-11-13-22(14-12-21)28(3,4)5/h7-18,20H,6,19H2,1-5H3,(H,30,32)/t20-/m1/s1. The topological polar surface area (TPSA) is 75.7 Å². The summed E-state index contributed by atoms with van der Waals surface area (Å²) in [5.41, 5.74) is 2.43. The van der Waals surface area contributed by atoms with Gasteiger partial charge in [0.15, 0.2) is 0 Å². The molecule has 1 amide bonds. The number of amides is 1. The second-order valence-corrected chi connectivity index (χ2v) is 11.8. The van der Waals surface area contributed by atoms with Crippen molar-refractivity contribution in [2.45, 2.75) is 51.0 Å². The lowest BCUT2D eigenvalue weighted by Crippen LogP contribution is -2.41. The lowest BCUT2D eigenvalue weighted by molar-refractivity contribution is -0.120. The summed E-state index contributed by atoms with van der Waals surface area (Å²) < 4.78 is 34.1. The van der Waals surface area contributed by atoms with Gasteiger partial charge in [0.05, 0.1) is 23.2 Å². The number of anilines is 1. The fraction of sp³-hybridized carbons (Fsp3) is 0.321. The molecule has 0 aliphatic rings. The number of sulfonamides is 1. The Morgan fingerprint density at radius 1 is 1.00 bits per heavy atom. The molecule has 0 heterocycles. The summed E-state index contributed by atoms with van der Waals surface area (Å²) in [6.45, 7) is 10.0. The van der Waals surface area contributed by atoms with E-state index in [1.807, 2.05) is 38.1 Å². The molecule has 0 aliphatic heterocycles. The van der Waals surface area contributed by atoms with Gasteiger partial charge in [0.2, 0.25) is 5.91 Å². The Balaban J connectivity index is 1.90. The fourth-order valence-corrected chi connectivity index (χ4v) is 5.30. The summed E-state index contributed by atoms with van der Waals surface area (Å²) in [5.74, 6) is -0.0672. The molecule has 0 saturated carbocycles. The van der Waals surface area contributed by atoms with Crippen molar-refractivity contribution >= 4 is 33.2 Å². The molecule has 3 aromatic rings. The number of para-hydroxylation sites is 2. The van der Waals surface area contributed by atoms with E-state index in [1.165, 1.54) is 29.8 Å². The van der Waals surface area contributed by atoms with Crippen LogP contribution in [0.5, 0.6) is 5.75 Å². The predicted molar refractivity (Wildman–Crippen MR) is 145 cm³/mol. The highest BCUT2D eigenvalue weighted by Crippen LogP contribution is 2.33. The van der Waals surface area contributed by atoms with E-state index in [-0.39, 0.29) is 22.0 Å². The first-order valence-electron chi connectivity index (χ1n) is 11.8. The summed E-state index contributed by atoms with van der Waals surface area (Å²) in [6.07, 6.45) is 0. The molecule has 1 N–H and O–H groups in total. The van der Waals surface area contributed by atoms with Crippen LogP contribution in [0.1, 0.15) is 51.8 Å². The van der Waals surface area contributed by atoms with Crippen LogP contribution < -0.4 is 14.4 Å². The predicted octanol–water partition coefficient (Wildman–Crippen LogP) is 6.11. The van der Waals surface area contributed by atoms with Gasteiger partial charge < -0.3 is 10.1 Å².